The molecule has 2 nitrogen and oxygen atoms in total. The number of fused-ring (bicyclic) bond motifs is 8. The number of hydrogen-bond acceptors (Lipinski definition) is 2. The third kappa shape index (κ3) is 4.39. The van der Waals surface area contributed by atoms with E-state index >= 15 is 0 Å². The molecule has 1 aromatic heterocycles. The Kier molecular flexibility index (Phi) is 6.31. The Morgan fingerprint density at radius 2 is 0.851 bits per heavy atom. The van der Waals surface area contributed by atoms with Crippen molar-refractivity contribution in [3.63, 3.8) is 0 Å². The summed E-state index contributed by atoms with van der Waals surface area (Å²) in [7, 11) is -2.27. The smallest absolute Gasteiger partial charge is 0.159 e. The molecule has 1 aliphatic rings. The topological polar surface area (TPSA) is 25.8 Å². The molecular formula is C44H32N2Si. The van der Waals surface area contributed by atoms with Gasteiger partial charge < -0.3 is 0 Å². The molecule has 0 atom stereocenters. The standard InChI is InChI=1S/C44H32N2Si/c1-47(2)42-38-26-12-10-24-36(38)35-23-9-11-25-37(35)39(42)40-41(30-17-7-4-8-18-30)45-43(46-44(40)47)34-22-14-21-33(28-34)32-20-13-19-31(27-32)29-15-5-3-6-16-29/h3-28H,1-2H3. The highest BCUT2D eigenvalue weighted by molar-refractivity contribution is 7.05. The minimum atomic E-state index is -2.27. The molecule has 0 saturated carbocycles. The summed E-state index contributed by atoms with van der Waals surface area (Å²) in [6.45, 7) is 4.94. The van der Waals surface area contributed by atoms with Crippen LogP contribution in [0.1, 0.15) is 0 Å². The summed E-state index contributed by atoms with van der Waals surface area (Å²) in [4.78, 5) is 11.0. The maximum Gasteiger partial charge on any atom is 0.159 e. The Balaban J connectivity index is 1.29. The van der Waals surface area contributed by atoms with Crippen molar-refractivity contribution in [2.24, 2.45) is 0 Å². The van der Waals surface area contributed by atoms with Crippen molar-refractivity contribution in [1.29, 1.82) is 0 Å². The van der Waals surface area contributed by atoms with Gasteiger partial charge in [0.2, 0.25) is 0 Å². The van der Waals surface area contributed by atoms with E-state index in [9.17, 15) is 0 Å². The lowest BCUT2D eigenvalue weighted by Gasteiger charge is -2.21. The zero-order valence-electron chi connectivity index (χ0n) is 26.4. The molecule has 0 aliphatic carbocycles. The zero-order valence-corrected chi connectivity index (χ0v) is 27.4. The van der Waals surface area contributed by atoms with Crippen molar-refractivity contribution in [1.82, 2.24) is 9.97 Å². The van der Waals surface area contributed by atoms with Gasteiger partial charge in [0.1, 0.15) is 8.07 Å². The number of hydrogen-bond donors (Lipinski definition) is 0. The quantitative estimate of drug-likeness (QED) is 0.145. The Labute approximate surface area is 276 Å². The van der Waals surface area contributed by atoms with Crippen LogP contribution >= 0.6 is 0 Å². The average Bonchev–Trinajstić information content (AvgIpc) is 3.39. The van der Waals surface area contributed by atoms with Gasteiger partial charge in [0.25, 0.3) is 0 Å². The molecule has 8 aromatic rings. The van der Waals surface area contributed by atoms with E-state index in [1.54, 1.807) is 0 Å². The van der Waals surface area contributed by atoms with Gasteiger partial charge in [-0.05, 0) is 66.7 Å². The largest absolute Gasteiger partial charge is 0.237 e. The Morgan fingerprint density at radius 1 is 0.383 bits per heavy atom. The second kappa shape index (κ2) is 10.7. The molecule has 9 rings (SSSR count). The Hall–Kier alpha value is -5.64. The molecule has 0 fully saturated rings. The van der Waals surface area contributed by atoms with Gasteiger partial charge in [0, 0.05) is 22.0 Å². The average molecular weight is 617 g/mol. The van der Waals surface area contributed by atoms with E-state index in [1.807, 2.05) is 0 Å². The van der Waals surface area contributed by atoms with Gasteiger partial charge in [-0.15, -0.1) is 0 Å². The van der Waals surface area contributed by atoms with Gasteiger partial charge in [-0.1, -0.05) is 159 Å². The number of aromatic nitrogens is 2. The van der Waals surface area contributed by atoms with E-state index in [2.05, 4.69) is 171 Å². The molecule has 7 aromatic carbocycles. The summed E-state index contributed by atoms with van der Waals surface area (Å²) in [6.07, 6.45) is 0. The van der Waals surface area contributed by atoms with Crippen LogP contribution in [0.2, 0.25) is 13.1 Å². The first-order chi connectivity index (χ1) is 23.1. The predicted octanol–water partition coefficient (Wildman–Crippen LogP) is 10.3. The van der Waals surface area contributed by atoms with Gasteiger partial charge in [0.15, 0.2) is 5.82 Å². The first-order valence-electron chi connectivity index (χ1n) is 16.3. The lowest BCUT2D eigenvalue weighted by molar-refractivity contribution is 1.21. The minimum Gasteiger partial charge on any atom is -0.237 e. The van der Waals surface area contributed by atoms with Crippen LogP contribution < -0.4 is 10.5 Å². The molecule has 3 heteroatoms. The number of nitrogens with zero attached hydrogens (tertiary/aromatic N) is 2. The molecule has 0 spiro atoms. The van der Waals surface area contributed by atoms with E-state index in [0.717, 1.165) is 28.2 Å². The SMILES string of the molecule is C[Si]1(C)c2nc(-c3cccc(-c4cccc(-c5ccccc5)c4)c3)nc(-c3ccccc3)c2-c2c1c1ccccc1c1ccccc21. The van der Waals surface area contributed by atoms with Gasteiger partial charge in [-0.25, -0.2) is 9.97 Å². The second-order valence-corrected chi connectivity index (χ2v) is 17.2. The summed E-state index contributed by atoms with van der Waals surface area (Å²) in [5, 5.41) is 7.92. The van der Waals surface area contributed by atoms with Crippen molar-refractivity contribution in [3.8, 4) is 56.0 Å². The van der Waals surface area contributed by atoms with Crippen molar-refractivity contribution >= 4 is 40.1 Å². The maximum atomic E-state index is 5.54. The highest BCUT2D eigenvalue weighted by atomic mass is 28.3. The van der Waals surface area contributed by atoms with Crippen LogP contribution in [0.5, 0.6) is 0 Å². The monoisotopic (exact) mass is 616 g/mol. The Morgan fingerprint density at radius 3 is 1.51 bits per heavy atom. The molecule has 0 radical (unpaired) electrons. The van der Waals surface area contributed by atoms with Gasteiger partial charge >= 0.3 is 0 Å². The molecule has 0 amide bonds. The van der Waals surface area contributed by atoms with Gasteiger partial charge in [-0.3, -0.25) is 0 Å². The van der Waals surface area contributed by atoms with E-state index < -0.39 is 8.07 Å². The molecule has 47 heavy (non-hydrogen) atoms. The van der Waals surface area contributed by atoms with E-state index in [4.69, 9.17) is 9.97 Å². The van der Waals surface area contributed by atoms with Crippen LogP contribution in [0.3, 0.4) is 0 Å². The molecule has 0 N–H and O–H groups in total. The first-order valence-corrected chi connectivity index (χ1v) is 19.3. The predicted molar refractivity (Wildman–Crippen MR) is 201 cm³/mol. The molecule has 1 aliphatic heterocycles. The van der Waals surface area contributed by atoms with Crippen LogP contribution in [-0.4, -0.2) is 18.0 Å². The zero-order chi connectivity index (χ0) is 31.5. The fourth-order valence-corrected chi connectivity index (χ4v) is 10.9. The third-order valence-electron chi connectivity index (χ3n) is 9.78. The molecule has 0 bridgehead atoms. The van der Waals surface area contributed by atoms with Crippen LogP contribution in [0.25, 0.3) is 77.6 Å². The van der Waals surface area contributed by atoms with Gasteiger partial charge in [0.05, 0.1) is 5.69 Å². The molecule has 222 valence electrons. The second-order valence-electron chi connectivity index (χ2n) is 13.0. The fourth-order valence-electron chi connectivity index (χ4n) is 7.60. The molecule has 2 heterocycles. The van der Waals surface area contributed by atoms with E-state index in [-0.39, 0.29) is 0 Å². The lowest BCUT2D eigenvalue weighted by Crippen LogP contribution is -2.51. The highest BCUT2D eigenvalue weighted by Gasteiger charge is 2.44. The first kappa shape index (κ1) is 27.6. The summed E-state index contributed by atoms with van der Waals surface area (Å²) in [6, 6.07) is 56.5. The Bertz CT molecular complexity index is 2480. The van der Waals surface area contributed by atoms with E-state index in [0.29, 0.717) is 0 Å². The van der Waals surface area contributed by atoms with Crippen LogP contribution in [0.4, 0.5) is 0 Å². The van der Waals surface area contributed by atoms with Crippen molar-refractivity contribution in [2.45, 2.75) is 13.1 Å². The van der Waals surface area contributed by atoms with E-state index in [1.165, 1.54) is 59.9 Å². The molecule has 0 saturated heterocycles. The number of rotatable bonds is 4. The maximum absolute atomic E-state index is 5.54. The molecule has 0 unspecified atom stereocenters. The normalized spacial score (nSPS) is 13.1. The fraction of sp³-hybridized carbons (Fsp3) is 0.0455. The summed E-state index contributed by atoms with van der Waals surface area (Å²) in [5.74, 6) is 0.783. The third-order valence-corrected chi connectivity index (χ3v) is 13.1. The van der Waals surface area contributed by atoms with Gasteiger partial charge in [-0.2, -0.15) is 0 Å². The summed E-state index contributed by atoms with van der Waals surface area (Å²) >= 11 is 0. The van der Waals surface area contributed by atoms with Crippen molar-refractivity contribution in [3.05, 3.63) is 158 Å². The summed E-state index contributed by atoms with van der Waals surface area (Å²) < 4.78 is 0. The van der Waals surface area contributed by atoms with Crippen LogP contribution in [0.15, 0.2) is 158 Å². The highest BCUT2D eigenvalue weighted by Crippen LogP contribution is 2.43. The lowest BCUT2D eigenvalue weighted by atomic mass is 9.91. The van der Waals surface area contributed by atoms with Crippen LogP contribution in [-0.2, 0) is 0 Å². The van der Waals surface area contributed by atoms with Crippen molar-refractivity contribution < 1.29 is 0 Å². The van der Waals surface area contributed by atoms with Crippen LogP contribution in [0, 0.1) is 0 Å². The van der Waals surface area contributed by atoms with Crippen molar-refractivity contribution in [2.75, 3.05) is 0 Å². The number of benzene rings is 7. The molecular weight excluding hydrogens is 585 g/mol. The minimum absolute atomic E-state index is 0.783. The summed E-state index contributed by atoms with van der Waals surface area (Å²) in [5.41, 5.74) is 10.5.